The first-order chi connectivity index (χ1) is 11.3. The van der Waals surface area contributed by atoms with E-state index in [-0.39, 0.29) is 0 Å². The molecule has 0 bridgehead atoms. The number of thiophene rings is 1. The van der Waals surface area contributed by atoms with Gasteiger partial charge in [-0.2, -0.15) is 0 Å². The zero-order valence-corrected chi connectivity index (χ0v) is 13.7. The van der Waals surface area contributed by atoms with E-state index in [0.717, 1.165) is 52.3 Å². The average molecular weight is 323 g/mol. The van der Waals surface area contributed by atoms with Crippen LogP contribution in [0, 0.1) is 0 Å². The molecule has 0 aliphatic rings. The first kappa shape index (κ1) is 14.1. The molecule has 116 valence electrons. The maximum Gasteiger partial charge on any atom is 0.138 e. The monoisotopic (exact) mass is 323 g/mol. The van der Waals surface area contributed by atoms with Crippen molar-refractivity contribution in [1.82, 2.24) is 19.9 Å². The second-order valence-electron chi connectivity index (χ2n) is 5.38. The molecule has 0 atom stereocenters. The Labute approximate surface area is 137 Å². The molecule has 4 rings (SSSR count). The summed E-state index contributed by atoms with van der Waals surface area (Å²) in [6, 6.07) is 10.3. The fraction of sp³-hybridized carbons (Fsp3) is 0.235. The molecule has 0 fully saturated rings. The molecule has 0 saturated heterocycles. The summed E-state index contributed by atoms with van der Waals surface area (Å²) in [5.74, 6) is 1.89. The average Bonchev–Trinajstić information content (AvgIpc) is 3.18. The Morgan fingerprint density at radius 1 is 1.22 bits per heavy atom. The Kier molecular flexibility index (Phi) is 3.67. The summed E-state index contributed by atoms with van der Waals surface area (Å²) in [6.45, 7) is 2.94. The number of para-hydroxylation sites is 2. The van der Waals surface area contributed by atoms with E-state index in [1.807, 2.05) is 24.3 Å². The van der Waals surface area contributed by atoms with Crippen LogP contribution in [0.5, 0.6) is 0 Å². The third-order valence-electron chi connectivity index (χ3n) is 3.82. The lowest BCUT2D eigenvalue weighted by atomic mass is 10.3. The van der Waals surface area contributed by atoms with Gasteiger partial charge in [0.2, 0.25) is 0 Å². The molecule has 4 aromatic rings. The minimum atomic E-state index is 0.781. The Hall–Kier alpha value is -2.47. The van der Waals surface area contributed by atoms with Crippen molar-refractivity contribution in [3.63, 3.8) is 0 Å². The summed E-state index contributed by atoms with van der Waals surface area (Å²) in [7, 11) is 0. The fourth-order valence-corrected chi connectivity index (χ4v) is 3.58. The third-order valence-corrected chi connectivity index (χ3v) is 5.01. The van der Waals surface area contributed by atoms with Crippen LogP contribution in [0.3, 0.4) is 0 Å². The number of hydrogen-bond acceptors (Lipinski definition) is 5. The second kappa shape index (κ2) is 5.96. The molecule has 0 radical (unpaired) electrons. The van der Waals surface area contributed by atoms with E-state index in [0.29, 0.717) is 0 Å². The van der Waals surface area contributed by atoms with Gasteiger partial charge in [-0.3, -0.25) is 0 Å². The molecule has 0 saturated carbocycles. The molecule has 0 spiro atoms. The molecular formula is C17H17N5S. The number of nitrogens with one attached hydrogen (secondary N) is 2. The number of nitrogens with zero attached hydrogens (tertiary/aromatic N) is 3. The van der Waals surface area contributed by atoms with Gasteiger partial charge in [-0.25, -0.2) is 15.0 Å². The smallest absolute Gasteiger partial charge is 0.138 e. The topological polar surface area (TPSA) is 66.5 Å². The Balaban J connectivity index is 1.49. The zero-order chi connectivity index (χ0) is 15.6. The number of hydrogen-bond donors (Lipinski definition) is 2. The van der Waals surface area contributed by atoms with Gasteiger partial charge in [0.05, 0.1) is 16.4 Å². The quantitative estimate of drug-likeness (QED) is 0.586. The number of fused-ring (bicyclic) bond motifs is 2. The van der Waals surface area contributed by atoms with Gasteiger partial charge in [0.15, 0.2) is 0 Å². The number of benzene rings is 1. The van der Waals surface area contributed by atoms with E-state index in [1.54, 1.807) is 17.7 Å². The van der Waals surface area contributed by atoms with Gasteiger partial charge in [0, 0.05) is 17.8 Å². The zero-order valence-electron chi connectivity index (χ0n) is 12.8. The van der Waals surface area contributed by atoms with Crippen LogP contribution >= 0.6 is 11.3 Å². The molecule has 1 aromatic carbocycles. The first-order valence-electron chi connectivity index (χ1n) is 7.74. The highest BCUT2D eigenvalue weighted by molar-refractivity contribution is 7.18. The lowest BCUT2D eigenvalue weighted by Gasteiger charge is -2.04. The lowest BCUT2D eigenvalue weighted by Crippen LogP contribution is -2.07. The Morgan fingerprint density at radius 3 is 3.00 bits per heavy atom. The van der Waals surface area contributed by atoms with Gasteiger partial charge < -0.3 is 10.3 Å². The molecule has 3 heterocycles. The predicted octanol–water partition coefficient (Wildman–Crippen LogP) is 3.78. The molecule has 3 aromatic heterocycles. The number of rotatable bonds is 5. The van der Waals surface area contributed by atoms with E-state index in [1.165, 1.54) is 4.88 Å². The number of aromatic amines is 1. The number of anilines is 1. The van der Waals surface area contributed by atoms with Gasteiger partial charge in [0.25, 0.3) is 0 Å². The lowest BCUT2D eigenvalue weighted by molar-refractivity contribution is 0.929. The van der Waals surface area contributed by atoms with Gasteiger partial charge in [-0.05, 0) is 24.6 Å². The van der Waals surface area contributed by atoms with Crippen LogP contribution in [-0.2, 0) is 12.8 Å². The fourth-order valence-electron chi connectivity index (χ4n) is 2.64. The molecule has 23 heavy (non-hydrogen) atoms. The van der Waals surface area contributed by atoms with Crippen molar-refractivity contribution in [2.45, 2.75) is 19.8 Å². The molecule has 0 unspecified atom stereocenters. The maximum atomic E-state index is 4.60. The van der Waals surface area contributed by atoms with Gasteiger partial charge >= 0.3 is 0 Å². The van der Waals surface area contributed by atoms with E-state index in [9.17, 15) is 0 Å². The third kappa shape index (κ3) is 2.77. The highest BCUT2D eigenvalue weighted by Crippen LogP contribution is 2.28. The standard InChI is InChI=1S/C17H17N5S/c1-2-11-9-12-16(19-10-20-17(12)23-11)18-8-7-15-21-13-5-3-4-6-14(13)22-15/h3-6,9-10H,2,7-8H2,1H3,(H,21,22)(H,18,19,20). The largest absolute Gasteiger partial charge is 0.369 e. The molecule has 0 aliphatic heterocycles. The van der Waals surface area contributed by atoms with Crippen LogP contribution in [0.1, 0.15) is 17.6 Å². The highest BCUT2D eigenvalue weighted by atomic mass is 32.1. The number of imidazole rings is 1. The van der Waals surface area contributed by atoms with Crippen LogP contribution in [0.25, 0.3) is 21.3 Å². The SMILES string of the molecule is CCc1cc2c(NCCc3nc4ccccc4[nH]3)ncnc2s1. The molecule has 0 amide bonds. The van der Waals surface area contributed by atoms with Crippen LogP contribution in [-0.4, -0.2) is 26.5 Å². The van der Waals surface area contributed by atoms with Crippen molar-refractivity contribution in [3.05, 3.63) is 47.4 Å². The van der Waals surface area contributed by atoms with Crippen molar-refractivity contribution in [3.8, 4) is 0 Å². The van der Waals surface area contributed by atoms with E-state index >= 15 is 0 Å². The summed E-state index contributed by atoms with van der Waals surface area (Å²) in [4.78, 5) is 19.1. The van der Waals surface area contributed by atoms with Crippen molar-refractivity contribution in [2.75, 3.05) is 11.9 Å². The minimum Gasteiger partial charge on any atom is -0.369 e. The molecule has 2 N–H and O–H groups in total. The Bertz CT molecular complexity index is 923. The molecular weight excluding hydrogens is 306 g/mol. The second-order valence-corrected chi connectivity index (χ2v) is 6.50. The summed E-state index contributed by atoms with van der Waals surface area (Å²) in [5.41, 5.74) is 2.09. The molecule has 0 aliphatic carbocycles. The summed E-state index contributed by atoms with van der Waals surface area (Å²) >= 11 is 1.73. The van der Waals surface area contributed by atoms with Gasteiger partial charge in [-0.1, -0.05) is 19.1 Å². The van der Waals surface area contributed by atoms with Crippen LogP contribution in [0.15, 0.2) is 36.7 Å². The molecule has 5 nitrogen and oxygen atoms in total. The summed E-state index contributed by atoms with van der Waals surface area (Å²) in [6.07, 6.45) is 3.48. The summed E-state index contributed by atoms with van der Waals surface area (Å²) in [5, 5.41) is 4.52. The van der Waals surface area contributed by atoms with Crippen LogP contribution in [0.2, 0.25) is 0 Å². The number of H-pyrrole nitrogens is 1. The summed E-state index contributed by atoms with van der Waals surface area (Å²) < 4.78 is 0. The van der Waals surface area contributed by atoms with Crippen molar-refractivity contribution < 1.29 is 0 Å². The van der Waals surface area contributed by atoms with Crippen LogP contribution < -0.4 is 5.32 Å². The van der Waals surface area contributed by atoms with Crippen LogP contribution in [0.4, 0.5) is 5.82 Å². The predicted molar refractivity (Wildman–Crippen MR) is 95.1 cm³/mol. The Morgan fingerprint density at radius 2 is 2.13 bits per heavy atom. The first-order valence-corrected chi connectivity index (χ1v) is 8.56. The van der Waals surface area contributed by atoms with Gasteiger partial charge in [0.1, 0.15) is 22.8 Å². The normalized spacial score (nSPS) is 11.3. The number of aromatic nitrogens is 4. The van der Waals surface area contributed by atoms with E-state index < -0.39 is 0 Å². The minimum absolute atomic E-state index is 0.781. The number of aryl methyl sites for hydroxylation is 1. The maximum absolute atomic E-state index is 4.60. The van der Waals surface area contributed by atoms with E-state index in [4.69, 9.17) is 0 Å². The highest BCUT2D eigenvalue weighted by Gasteiger charge is 2.08. The van der Waals surface area contributed by atoms with E-state index in [2.05, 4.69) is 38.2 Å². The van der Waals surface area contributed by atoms with Gasteiger partial charge in [-0.15, -0.1) is 11.3 Å². The van der Waals surface area contributed by atoms with Crippen molar-refractivity contribution >= 4 is 38.4 Å². The van der Waals surface area contributed by atoms with Crippen molar-refractivity contribution in [2.24, 2.45) is 0 Å². The molecule has 6 heteroatoms. The van der Waals surface area contributed by atoms with Crippen molar-refractivity contribution in [1.29, 1.82) is 0 Å².